The number of rotatable bonds is 8. The molecule has 0 aliphatic heterocycles. The highest BCUT2D eigenvalue weighted by Gasteiger charge is 2.08. The number of aliphatic hydroxyl groups excluding tert-OH is 1. The van der Waals surface area contributed by atoms with E-state index >= 15 is 0 Å². The topological polar surface area (TPSA) is 49.2 Å². The van der Waals surface area contributed by atoms with Crippen LogP contribution in [0.2, 0.25) is 0 Å². The van der Waals surface area contributed by atoms with Gasteiger partial charge in [-0.1, -0.05) is 20.3 Å². The monoisotopic (exact) mass is 237 g/mol. The van der Waals surface area contributed by atoms with Crippen LogP contribution < -0.4 is 4.90 Å². The van der Waals surface area contributed by atoms with E-state index in [1.54, 1.807) is 0 Å². The standard InChI is InChI=1S/C13H23N3O/c1-3-5-7-16(8-6-9-17)13-14-10-12(4-2)11-15-13/h10-11,17H,3-9H2,1-2H3. The molecule has 17 heavy (non-hydrogen) atoms. The van der Waals surface area contributed by atoms with Crippen molar-refractivity contribution in [2.24, 2.45) is 0 Å². The number of aromatic nitrogens is 2. The van der Waals surface area contributed by atoms with Gasteiger partial charge in [-0.25, -0.2) is 9.97 Å². The van der Waals surface area contributed by atoms with Crippen LogP contribution in [0.1, 0.15) is 38.7 Å². The Morgan fingerprint density at radius 3 is 2.29 bits per heavy atom. The Hall–Kier alpha value is -1.16. The molecular formula is C13H23N3O. The number of aryl methyl sites for hydroxylation is 1. The lowest BCUT2D eigenvalue weighted by Crippen LogP contribution is -2.28. The summed E-state index contributed by atoms with van der Waals surface area (Å²) in [5.74, 6) is 0.782. The summed E-state index contributed by atoms with van der Waals surface area (Å²) in [6, 6.07) is 0. The Bertz CT molecular complexity index is 292. The van der Waals surface area contributed by atoms with Crippen LogP contribution in [0.15, 0.2) is 12.4 Å². The molecule has 4 heteroatoms. The highest BCUT2D eigenvalue weighted by atomic mass is 16.3. The van der Waals surface area contributed by atoms with Gasteiger partial charge in [-0.15, -0.1) is 0 Å². The Morgan fingerprint density at radius 2 is 1.76 bits per heavy atom. The van der Waals surface area contributed by atoms with Crippen LogP contribution in [0.4, 0.5) is 5.95 Å². The zero-order valence-electron chi connectivity index (χ0n) is 10.9. The second kappa shape index (κ2) is 8.01. The van der Waals surface area contributed by atoms with Gasteiger partial charge in [0.2, 0.25) is 5.95 Å². The van der Waals surface area contributed by atoms with Gasteiger partial charge >= 0.3 is 0 Å². The van der Waals surface area contributed by atoms with Crippen molar-refractivity contribution < 1.29 is 5.11 Å². The third-order valence-electron chi connectivity index (χ3n) is 2.75. The fraction of sp³-hybridized carbons (Fsp3) is 0.692. The van der Waals surface area contributed by atoms with Gasteiger partial charge in [0.1, 0.15) is 0 Å². The maximum Gasteiger partial charge on any atom is 0.225 e. The molecule has 1 N–H and O–H groups in total. The first kappa shape index (κ1) is 13.9. The van der Waals surface area contributed by atoms with Gasteiger partial charge in [-0.2, -0.15) is 0 Å². The van der Waals surface area contributed by atoms with Crippen LogP contribution >= 0.6 is 0 Å². The first-order valence-corrected chi connectivity index (χ1v) is 6.48. The van der Waals surface area contributed by atoms with Gasteiger partial charge in [0, 0.05) is 32.1 Å². The Balaban J connectivity index is 2.65. The van der Waals surface area contributed by atoms with Crippen molar-refractivity contribution in [1.29, 1.82) is 0 Å². The SMILES string of the molecule is CCCCN(CCCO)c1ncc(CC)cn1. The van der Waals surface area contributed by atoms with E-state index in [9.17, 15) is 0 Å². The molecular weight excluding hydrogens is 214 g/mol. The van der Waals surface area contributed by atoms with Gasteiger partial charge in [0.15, 0.2) is 0 Å². The molecule has 96 valence electrons. The van der Waals surface area contributed by atoms with Crippen molar-refractivity contribution in [3.8, 4) is 0 Å². The van der Waals surface area contributed by atoms with Crippen LogP contribution in [0.5, 0.6) is 0 Å². The zero-order valence-corrected chi connectivity index (χ0v) is 10.9. The van der Waals surface area contributed by atoms with E-state index in [0.29, 0.717) is 0 Å². The highest BCUT2D eigenvalue weighted by molar-refractivity contribution is 5.29. The average molecular weight is 237 g/mol. The van der Waals surface area contributed by atoms with E-state index in [1.807, 2.05) is 12.4 Å². The minimum absolute atomic E-state index is 0.218. The van der Waals surface area contributed by atoms with Gasteiger partial charge in [0.25, 0.3) is 0 Å². The fourth-order valence-electron chi connectivity index (χ4n) is 1.62. The molecule has 0 bridgehead atoms. The summed E-state index contributed by atoms with van der Waals surface area (Å²) < 4.78 is 0. The number of hydrogen-bond acceptors (Lipinski definition) is 4. The summed E-state index contributed by atoms with van der Waals surface area (Å²) in [7, 11) is 0. The summed E-state index contributed by atoms with van der Waals surface area (Å²) in [5, 5.41) is 8.90. The van der Waals surface area contributed by atoms with Crippen molar-refractivity contribution >= 4 is 5.95 Å². The Morgan fingerprint density at radius 1 is 1.12 bits per heavy atom. The third-order valence-corrected chi connectivity index (χ3v) is 2.75. The largest absolute Gasteiger partial charge is 0.396 e. The predicted octanol–water partition coefficient (Wildman–Crippen LogP) is 2.03. The number of nitrogens with zero attached hydrogens (tertiary/aromatic N) is 3. The second-order valence-electron chi connectivity index (χ2n) is 4.16. The van der Waals surface area contributed by atoms with E-state index in [0.717, 1.165) is 50.3 Å². The van der Waals surface area contributed by atoms with Crippen LogP contribution in [-0.4, -0.2) is 34.8 Å². The van der Waals surface area contributed by atoms with Crippen LogP contribution in [0, 0.1) is 0 Å². The van der Waals surface area contributed by atoms with E-state index in [1.165, 1.54) is 0 Å². The van der Waals surface area contributed by atoms with Crippen LogP contribution in [0.3, 0.4) is 0 Å². The van der Waals surface area contributed by atoms with Crippen molar-refractivity contribution in [2.45, 2.75) is 39.5 Å². The van der Waals surface area contributed by atoms with Gasteiger partial charge < -0.3 is 10.0 Å². The molecule has 4 nitrogen and oxygen atoms in total. The molecule has 0 spiro atoms. The van der Waals surface area contributed by atoms with Crippen LogP contribution in [-0.2, 0) is 6.42 Å². The minimum atomic E-state index is 0.218. The highest BCUT2D eigenvalue weighted by Crippen LogP contribution is 2.09. The number of hydrogen-bond donors (Lipinski definition) is 1. The summed E-state index contributed by atoms with van der Waals surface area (Å²) in [6.45, 7) is 6.27. The molecule has 1 heterocycles. The smallest absolute Gasteiger partial charge is 0.225 e. The summed E-state index contributed by atoms with van der Waals surface area (Å²) >= 11 is 0. The molecule has 0 unspecified atom stereocenters. The summed E-state index contributed by atoms with van der Waals surface area (Å²) in [5.41, 5.74) is 1.16. The Kier molecular flexibility index (Phi) is 6.55. The maximum atomic E-state index is 8.90. The number of aliphatic hydroxyl groups is 1. The first-order valence-electron chi connectivity index (χ1n) is 6.48. The lowest BCUT2D eigenvalue weighted by atomic mass is 10.3. The average Bonchev–Trinajstić information content (AvgIpc) is 2.39. The second-order valence-corrected chi connectivity index (χ2v) is 4.16. The van der Waals surface area contributed by atoms with E-state index < -0.39 is 0 Å². The summed E-state index contributed by atoms with van der Waals surface area (Å²) in [4.78, 5) is 10.9. The van der Waals surface area contributed by atoms with Crippen LogP contribution in [0.25, 0.3) is 0 Å². The lowest BCUT2D eigenvalue weighted by molar-refractivity contribution is 0.289. The van der Waals surface area contributed by atoms with E-state index in [-0.39, 0.29) is 6.61 Å². The summed E-state index contributed by atoms with van der Waals surface area (Å²) in [6.07, 6.45) is 7.79. The maximum absolute atomic E-state index is 8.90. The van der Waals surface area contributed by atoms with Gasteiger partial charge in [0.05, 0.1) is 0 Å². The molecule has 0 saturated carbocycles. The van der Waals surface area contributed by atoms with E-state index in [4.69, 9.17) is 5.11 Å². The number of unbranched alkanes of at least 4 members (excludes halogenated alkanes) is 1. The van der Waals surface area contributed by atoms with Gasteiger partial charge in [-0.05, 0) is 24.8 Å². The molecule has 1 rings (SSSR count). The molecule has 1 aromatic heterocycles. The molecule has 0 fully saturated rings. The zero-order chi connectivity index (χ0) is 12.5. The third kappa shape index (κ3) is 4.69. The Labute approximate surface area is 104 Å². The quantitative estimate of drug-likeness (QED) is 0.751. The number of anilines is 1. The molecule has 0 amide bonds. The first-order chi connectivity index (χ1) is 8.31. The molecule has 0 atom stereocenters. The molecule has 0 aliphatic rings. The predicted molar refractivity (Wildman–Crippen MR) is 70.2 cm³/mol. The van der Waals surface area contributed by atoms with Crippen molar-refractivity contribution in [1.82, 2.24) is 9.97 Å². The fourth-order valence-corrected chi connectivity index (χ4v) is 1.62. The van der Waals surface area contributed by atoms with Crippen molar-refractivity contribution in [3.05, 3.63) is 18.0 Å². The molecule has 0 aliphatic carbocycles. The minimum Gasteiger partial charge on any atom is -0.396 e. The molecule has 0 aromatic carbocycles. The molecule has 0 saturated heterocycles. The lowest BCUT2D eigenvalue weighted by Gasteiger charge is -2.22. The van der Waals surface area contributed by atoms with Crippen molar-refractivity contribution in [2.75, 3.05) is 24.6 Å². The van der Waals surface area contributed by atoms with Crippen molar-refractivity contribution in [3.63, 3.8) is 0 Å². The molecule has 1 aromatic rings. The van der Waals surface area contributed by atoms with Gasteiger partial charge in [-0.3, -0.25) is 0 Å². The van der Waals surface area contributed by atoms with E-state index in [2.05, 4.69) is 28.7 Å². The normalized spacial score (nSPS) is 10.5. The molecule has 0 radical (unpaired) electrons.